The summed E-state index contributed by atoms with van der Waals surface area (Å²) in [5.41, 5.74) is 2.31. The molecule has 2 aromatic rings. The van der Waals surface area contributed by atoms with Gasteiger partial charge in [0, 0.05) is 24.5 Å². The molecule has 1 fully saturated rings. The van der Waals surface area contributed by atoms with Gasteiger partial charge in [-0.2, -0.15) is 0 Å². The number of aryl methyl sites for hydroxylation is 2. The van der Waals surface area contributed by atoms with E-state index >= 15 is 0 Å². The Morgan fingerprint density at radius 3 is 3.19 bits per heavy atom. The number of hydrogen-bond acceptors (Lipinski definition) is 4. The zero-order chi connectivity index (χ0) is 14.7. The van der Waals surface area contributed by atoms with Crippen molar-refractivity contribution in [2.45, 2.75) is 38.6 Å². The van der Waals surface area contributed by atoms with Crippen molar-refractivity contribution in [3.8, 4) is 0 Å². The quantitative estimate of drug-likeness (QED) is 0.866. The lowest BCUT2D eigenvalue weighted by atomic mass is 10.0. The van der Waals surface area contributed by atoms with Crippen molar-refractivity contribution in [3.63, 3.8) is 0 Å². The molecule has 110 valence electrons. The molecule has 3 rings (SSSR count). The van der Waals surface area contributed by atoms with Gasteiger partial charge in [-0.15, -0.1) is 0 Å². The van der Waals surface area contributed by atoms with Gasteiger partial charge in [0.05, 0.1) is 6.20 Å². The summed E-state index contributed by atoms with van der Waals surface area (Å²) in [6.45, 7) is 2.80. The molecule has 1 aliphatic heterocycles. The van der Waals surface area contributed by atoms with Crippen LogP contribution < -0.4 is 0 Å². The smallest absolute Gasteiger partial charge is 0.291 e. The molecule has 0 N–H and O–H groups in total. The summed E-state index contributed by atoms with van der Waals surface area (Å²) in [4.78, 5) is 22.3. The maximum Gasteiger partial charge on any atom is 0.291 e. The summed E-state index contributed by atoms with van der Waals surface area (Å²) in [6, 6.07) is 4.44. The molecule has 5 nitrogen and oxygen atoms in total. The SMILES string of the molecule is Cc1cc(CCC2CCCN2C(=O)c2cnco2)ccn1. The van der Waals surface area contributed by atoms with Gasteiger partial charge in [0.25, 0.3) is 5.91 Å². The summed E-state index contributed by atoms with van der Waals surface area (Å²) in [7, 11) is 0. The number of aromatic nitrogens is 2. The van der Waals surface area contributed by atoms with Crippen LogP contribution in [0.3, 0.4) is 0 Å². The number of oxazole rings is 1. The van der Waals surface area contributed by atoms with E-state index in [9.17, 15) is 4.79 Å². The lowest BCUT2D eigenvalue weighted by Gasteiger charge is -2.23. The van der Waals surface area contributed by atoms with Crippen molar-refractivity contribution < 1.29 is 9.21 Å². The fourth-order valence-corrected chi connectivity index (χ4v) is 2.96. The number of likely N-dealkylation sites (tertiary alicyclic amines) is 1. The van der Waals surface area contributed by atoms with Crippen LogP contribution in [0.1, 0.15) is 41.1 Å². The molecule has 3 heterocycles. The van der Waals surface area contributed by atoms with Crippen LogP contribution in [0, 0.1) is 6.92 Å². The van der Waals surface area contributed by atoms with Crippen LogP contribution in [0.5, 0.6) is 0 Å². The minimum atomic E-state index is -0.0408. The molecule has 1 unspecified atom stereocenters. The molecule has 1 atom stereocenters. The Balaban J connectivity index is 1.63. The minimum Gasteiger partial charge on any atom is -0.438 e. The zero-order valence-corrected chi connectivity index (χ0v) is 12.2. The third-order valence-electron chi connectivity index (χ3n) is 4.01. The summed E-state index contributed by atoms with van der Waals surface area (Å²) in [5, 5.41) is 0. The highest BCUT2D eigenvalue weighted by Crippen LogP contribution is 2.24. The monoisotopic (exact) mass is 285 g/mol. The zero-order valence-electron chi connectivity index (χ0n) is 12.2. The summed E-state index contributed by atoms with van der Waals surface area (Å²) in [6.07, 6.45) is 8.69. The molecule has 5 heteroatoms. The molecule has 0 aliphatic carbocycles. The van der Waals surface area contributed by atoms with E-state index in [1.807, 2.05) is 24.1 Å². The van der Waals surface area contributed by atoms with Crippen LogP contribution in [0.25, 0.3) is 0 Å². The first-order valence-corrected chi connectivity index (χ1v) is 7.35. The van der Waals surface area contributed by atoms with Crippen molar-refractivity contribution in [3.05, 3.63) is 47.9 Å². The summed E-state index contributed by atoms with van der Waals surface area (Å²) in [5.74, 6) is 0.294. The number of hydrogen-bond donors (Lipinski definition) is 0. The predicted molar refractivity (Wildman–Crippen MR) is 77.9 cm³/mol. The molecule has 1 amide bonds. The number of rotatable bonds is 4. The summed E-state index contributed by atoms with van der Waals surface area (Å²) < 4.78 is 5.12. The van der Waals surface area contributed by atoms with E-state index in [0.29, 0.717) is 5.76 Å². The number of carbonyl (C=O) groups is 1. The van der Waals surface area contributed by atoms with Crippen LogP contribution in [0.15, 0.2) is 35.3 Å². The van der Waals surface area contributed by atoms with Gasteiger partial charge < -0.3 is 9.32 Å². The molecule has 0 spiro atoms. The molecule has 0 saturated carbocycles. The molecule has 1 saturated heterocycles. The first kappa shape index (κ1) is 13.8. The molecule has 21 heavy (non-hydrogen) atoms. The molecule has 2 aromatic heterocycles. The highest BCUT2D eigenvalue weighted by molar-refractivity contribution is 5.91. The Hall–Kier alpha value is -2.17. The fourth-order valence-electron chi connectivity index (χ4n) is 2.96. The van der Waals surface area contributed by atoms with Gasteiger partial charge in [0.1, 0.15) is 0 Å². The maximum atomic E-state index is 12.4. The third-order valence-corrected chi connectivity index (χ3v) is 4.01. The Labute approximate surface area is 124 Å². The minimum absolute atomic E-state index is 0.0408. The first-order valence-electron chi connectivity index (χ1n) is 7.35. The van der Waals surface area contributed by atoms with E-state index in [-0.39, 0.29) is 11.9 Å². The first-order chi connectivity index (χ1) is 10.2. The van der Waals surface area contributed by atoms with Crippen molar-refractivity contribution in [1.29, 1.82) is 0 Å². The van der Waals surface area contributed by atoms with E-state index in [0.717, 1.165) is 37.9 Å². The topological polar surface area (TPSA) is 59.2 Å². The second-order valence-electron chi connectivity index (χ2n) is 5.50. The largest absolute Gasteiger partial charge is 0.438 e. The van der Waals surface area contributed by atoms with E-state index in [1.165, 1.54) is 18.2 Å². The number of pyridine rings is 1. The van der Waals surface area contributed by atoms with Crippen LogP contribution in [0.4, 0.5) is 0 Å². The van der Waals surface area contributed by atoms with Gasteiger partial charge in [-0.3, -0.25) is 9.78 Å². The maximum absolute atomic E-state index is 12.4. The van der Waals surface area contributed by atoms with Gasteiger partial charge in [0.2, 0.25) is 5.76 Å². The molecular weight excluding hydrogens is 266 g/mol. The van der Waals surface area contributed by atoms with Crippen molar-refractivity contribution in [1.82, 2.24) is 14.9 Å². The van der Waals surface area contributed by atoms with Gasteiger partial charge in [-0.05, 0) is 50.3 Å². The van der Waals surface area contributed by atoms with Crippen molar-refractivity contribution in [2.75, 3.05) is 6.54 Å². The van der Waals surface area contributed by atoms with Crippen LogP contribution in [-0.2, 0) is 6.42 Å². The third kappa shape index (κ3) is 3.12. The van der Waals surface area contributed by atoms with Crippen LogP contribution in [0.2, 0.25) is 0 Å². The van der Waals surface area contributed by atoms with E-state index in [2.05, 4.69) is 16.0 Å². The van der Waals surface area contributed by atoms with Crippen LogP contribution in [-0.4, -0.2) is 33.4 Å². The summed E-state index contributed by atoms with van der Waals surface area (Å²) >= 11 is 0. The van der Waals surface area contributed by atoms with E-state index < -0.39 is 0 Å². The Kier molecular flexibility index (Phi) is 3.99. The molecule has 0 bridgehead atoms. The Morgan fingerprint density at radius 1 is 1.52 bits per heavy atom. The highest BCUT2D eigenvalue weighted by atomic mass is 16.3. The number of carbonyl (C=O) groups excluding carboxylic acids is 1. The van der Waals surface area contributed by atoms with Crippen molar-refractivity contribution in [2.24, 2.45) is 0 Å². The average molecular weight is 285 g/mol. The normalized spacial score (nSPS) is 18.1. The van der Waals surface area contributed by atoms with E-state index in [1.54, 1.807) is 0 Å². The lowest BCUT2D eigenvalue weighted by Crippen LogP contribution is -2.35. The fraction of sp³-hybridized carbons (Fsp3) is 0.438. The Morgan fingerprint density at radius 2 is 2.43 bits per heavy atom. The number of nitrogens with zero attached hydrogens (tertiary/aromatic N) is 3. The van der Waals surface area contributed by atoms with Crippen molar-refractivity contribution >= 4 is 5.91 Å². The van der Waals surface area contributed by atoms with Gasteiger partial charge in [-0.1, -0.05) is 0 Å². The standard InChI is InChI=1S/C16H19N3O2/c1-12-9-13(6-7-18-12)4-5-14-3-2-8-19(14)16(20)15-10-17-11-21-15/h6-7,9-11,14H,2-5,8H2,1H3. The van der Waals surface area contributed by atoms with E-state index in [4.69, 9.17) is 4.42 Å². The van der Waals surface area contributed by atoms with Gasteiger partial charge in [-0.25, -0.2) is 4.98 Å². The predicted octanol–water partition coefficient (Wildman–Crippen LogP) is 2.62. The van der Waals surface area contributed by atoms with Gasteiger partial charge >= 0.3 is 0 Å². The molecule has 0 aromatic carbocycles. The Bertz CT molecular complexity index is 610. The lowest BCUT2D eigenvalue weighted by molar-refractivity contribution is 0.0698. The molecule has 0 radical (unpaired) electrons. The highest BCUT2D eigenvalue weighted by Gasteiger charge is 2.30. The second kappa shape index (κ2) is 6.08. The van der Waals surface area contributed by atoms with Crippen LogP contribution >= 0.6 is 0 Å². The molecule has 1 aliphatic rings. The molecular formula is C16H19N3O2. The second-order valence-corrected chi connectivity index (χ2v) is 5.50. The van der Waals surface area contributed by atoms with Gasteiger partial charge in [0.15, 0.2) is 6.39 Å². The number of amides is 1. The average Bonchev–Trinajstić information content (AvgIpc) is 3.16.